The quantitative estimate of drug-likeness (QED) is 0.741. The fourth-order valence-corrected chi connectivity index (χ4v) is 2.72. The van der Waals surface area contributed by atoms with Gasteiger partial charge in [0, 0.05) is 10.5 Å². The lowest BCUT2D eigenvalue weighted by Gasteiger charge is -2.09. The summed E-state index contributed by atoms with van der Waals surface area (Å²) >= 11 is 11.4. The number of carboxylic acids is 1. The van der Waals surface area contributed by atoms with Gasteiger partial charge in [0.1, 0.15) is 0 Å². The van der Waals surface area contributed by atoms with Crippen LogP contribution in [-0.4, -0.2) is 21.6 Å². The van der Waals surface area contributed by atoms with Crippen molar-refractivity contribution >= 4 is 40.9 Å². The van der Waals surface area contributed by atoms with Crippen molar-refractivity contribution in [3.63, 3.8) is 0 Å². The van der Waals surface area contributed by atoms with Gasteiger partial charge in [-0.25, -0.2) is 9.78 Å². The second kappa shape index (κ2) is 6.36. The average Bonchev–Trinajstić information content (AvgIpc) is 2.38. The fraction of sp³-hybridized carbons (Fsp3) is 0.0769. The summed E-state index contributed by atoms with van der Waals surface area (Å²) in [6.45, 7) is 0. The maximum absolute atomic E-state index is 12.3. The second-order valence-corrected chi connectivity index (χ2v) is 5.98. The molecule has 2 aromatic rings. The highest BCUT2D eigenvalue weighted by molar-refractivity contribution is 8.00. The van der Waals surface area contributed by atoms with Crippen LogP contribution in [0.4, 0.5) is 13.2 Å². The van der Waals surface area contributed by atoms with E-state index in [1.165, 1.54) is 30.3 Å². The summed E-state index contributed by atoms with van der Waals surface area (Å²) in [4.78, 5) is 14.9. The number of halogens is 5. The summed E-state index contributed by atoms with van der Waals surface area (Å²) in [5, 5.41) is 8.96. The van der Waals surface area contributed by atoms with Crippen LogP contribution in [0.2, 0.25) is 10.0 Å². The SMILES string of the molecule is O=C(O)c1nc(-c2ccc(SC(F)(F)F)cc2)c(Cl)cc1Cl. The van der Waals surface area contributed by atoms with Crippen molar-refractivity contribution < 1.29 is 23.1 Å². The molecule has 22 heavy (non-hydrogen) atoms. The molecule has 0 saturated carbocycles. The molecule has 1 aromatic carbocycles. The molecule has 116 valence electrons. The molecule has 9 heteroatoms. The molecule has 1 N–H and O–H groups in total. The molecular weight excluding hydrogens is 362 g/mol. The molecule has 1 heterocycles. The Kier molecular flexibility index (Phi) is 4.89. The maximum atomic E-state index is 12.3. The van der Waals surface area contributed by atoms with E-state index >= 15 is 0 Å². The number of rotatable bonds is 3. The highest BCUT2D eigenvalue weighted by Crippen LogP contribution is 2.38. The topological polar surface area (TPSA) is 50.2 Å². The highest BCUT2D eigenvalue weighted by Gasteiger charge is 2.29. The molecular formula is C13H6Cl2F3NO2S. The lowest BCUT2D eigenvalue weighted by Crippen LogP contribution is -2.03. The predicted octanol–water partition coefficient (Wildman–Crippen LogP) is 5.37. The second-order valence-electron chi connectivity index (χ2n) is 4.03. The first kappa shape index (κ1) is 16.9. The van der Waals surface area contributed by atoms with Crippen molar-refractivity contribution in [3.05, 3.63) is 46.1 Å². The zero-order valence-electron chi connectivity index (χ0n) is 10.5. The predicted molar refractivity (Wildman–Crippen MR) is 78.6 cm³/mol. The average molecular weight is 368 g/mol. The summed E-state index contributed by atoms with van der Waals surface area (Å²) < 4.78 is 36.8. The zero-order chi connectivity index (χ0) is 16.5. The van der Waals surface area contributed by atoms with Gasteiger partial charge in [-0.1, -0.05) is 35.3 Å². The number of hydrogen-bond donors (Lipinski definition) is 1. The van der Waals surface area contributed by atoms with Crippen LogP contribution in [0.15, 0.2) is 35.2 Å². The van der Waals surface area contributed by atoms with Crippen LogP contribution < -0.4 is 0 Å². The lowest BCUT2D eigenvalue weighted by atomic mass is 10.1. The number of aromatic nitrogens is 1. The minimum absolute atomic E-state index is 0.000191. The largest absolute Gasteiger partial charge is 0.476 e. The number of pyridine rings is 1. The normalized spacial score (nSPS) is 11.5. The molecule has 0 bridgehead atoms. The molecule has 0 spiro atoms. The lowest BCUT2D eigenvalue weighted by molar-refractivity contribution is -0.0328. The third-order valence-corrected chi connectivity index (χ3v) is 3.81. The number of aromatic carboxylic acids is 1. The Bertz CT molecular complexity index is 720. The minimum atomic E-state index is -4.38. The Balaban J connectivity index is 2.40. The van der Waals surface area contributed by atoms with Gasteiger partial charge >= 0.3 is 11.5 Å². The van der Waals surface area contributed by atoms with E-state index < -0.39 is 11.5 Å². The summed E-state index contributed by atoms with van der Waals surface area (Å²) in [6, 6.07) is 6.48. The Hall–Kier alpha value is -1.44. The van der Waals surface area contributed by atoms with Crippen LogP contribution in [0.3, 0.4) is 0 Å². The monoisotopic (exact) mass is 367 g/mol. The molecule has 2 rings (SSSR count). The van der Waals surface area contributed by atoms with E-state index in [9.17, 15) is 18.0 Å². The van der Waals surface area contributed by atoms with Gasteiger partial charge in [0.05, 0.1) is 15.7 Å². The summed E-state index contributed by atoms with van der Waals surface area (Å²) in [7, 11) is 0. The molecule has 1 aromatic heterocycles. The summed E-state index contributed by atoms with van der Waals surface area (Å²) in [6.07, 6.45) is 0. The molecule has 0 amide bonds. The van der Waals surface area contributed by atoms with Gasteiger partial charge in [0.15, 0.2) is 5.69 Å². The number of thioether (sulfide) groups is 1. The number of carbonyl (C=O) groups is 1. The van der Waals surface area contributed by atoms with Gasteiger partial charge < -0.3 is 5.11 Å². The summed E-state index contributed by atoms with van der Waals surface area (Å²) in [5.74, 6) is -1.33. The number of benzene rings is 1. The molecule has 0 aliphatic carbocycles. The Morgan fingerprint density at radius 2 is 1.73 bits per heavy atom. The zero-order valence-corrected chi connectivity index (χ0v) is 12.8. The van der Waals surface area contributed by atoms with Gasteiger partial charge in [-0.15, -0.1) is 0 Å². The van der Waals surface area contributed by atoms with Crippen LogP contribution >= 0.6 is 35.0 Å². The van der Waals surface area contributed by atoms with E-state index in [0.717, 1.165) is 0 Å². The van der Waals surface area contributed by atoms with Gasteiger partial charge in [-0.3, -0.25) is 0 Å². The van der Waals surface area contributed by atoms with Gasteiger partial charge in [-0.05, 0) is 30.0 Å². The van der Waals surface area contributed by atoms with E-state index in [0.29, 0.717) is 5.56 Å². The Labute approximate surface area is 137 Å². The molecule has 0 radical (unpaired) electrons. The van der Waals surface area contributed by atoms with Crippen molar-refractivity contribution in [1.82, 2.24) is 4.98 Å². The Morgan fingerprint density at radius 3 is 2.23 bits per heavy atom. The van der Waals surface area contributed by atoms with E-state index in [1.807, 2.05) is 0 Å². The minimum Gasteiger partial charge on any atom is -0.476 e. The molecule has 0 aliphatic rings. The smallest absolute Gasteiger partial charge is 0.446 e. The van der Waals surface area contributed by atoms with Gasteiger partial charge in [0.25, 0.3) is 0 Å². The van der Waals surface area contributed by atoms with Crippen molar-refractivity contribution in [2.45, 2.75) is 10.4 Å². The van der Waals surface area contributed by atoms with Gasteiger partial charge in [0.2, 0.25) is 0 Å². The number of nitrogens with zero attached hydrogens (tertiary/aromatic N) is 1. The van der Waals surface area contributed by atoms with E-state index in [2.05, 4.69) is 4.98 Å². The highest BCUT2D eigenvalue weighted by atomic mass is 35.5. The van der Waals surface area contributed by atoms with Crippen molar-refractivity contribution in [3.8, 4) is 11.3 Å². The van der Waals surface area contributed by atoms with E-state index in [4.69, 9.17) is 28.3 Å². The van der Waals surface area contributed by atoms with Gasteiger partial charge in [-0.2, -0.15) is 13.2 Å². The van der Waals surface area contributed by atoms with E-state index in [-0.39, 0.29) is 38.1 Å². The molecule has 3 nitrogen and oxygen atoms in total. The molecule has 0 aliphatic heterocycles. The van der Waals surface area contributed by atoms with Crippen molar-refractivity contribution in [1.29, 1.82) is 0 Å². The van der Waals surface area contributed by atoms with Crippen LogP contribution in [-0.2, 0) is 0 Å². The maximum Gasteiger partial charge on any atom is 0.446 e. The van der Waals surface area contributed by atoms with Crippen molar-refractivity contribution in [2.24, 2.45) is 0 Å². The first-order valence-electron chi connectivity index (χ1n) is 5.63. The molecule has 0 unspecified atom stereocenters. The first-order valence-corrected chi connectivity index (χ1v) is 7.20. The molecule has 0 saturated heterocycles. The Morgan fingerprint density at radius 1 is 1.14 bits per heavy atom. The molecule has 0 fully saturated rings. The van der Waals surface area contributed by atoms with E-state index in [1.54, 1.807) is 0 Å². The molecule has 0 atom stereocenters. The first-order chi connectivity index (χ1) is 10.2. The number of hydrogen-bond acceptors (Lipinski definition) is 3. The third-order valence-electron chi connectivity index (χ3n) is 2.49. The van der Waals surface area contributed by atoms with Crippen molar-refractivity contribution in [2.75, 3.05) is 0 Å². The number of alkyl halides is 3. The standard InChI is InChI=1S/C13H6Cl2F3NO2S/c14-8-5-9(15)11(12(20)21)19-10(8)6-1-3-7(4-2-6)22-13(16,17)18/h1-5H,(H,20,21). The van der Waals surface area contributed by atoms with Crippen LogP contribution in [0, 0.1) is 0 Å². The fourth-order valence-electron chi connectivity index (χ4n) is 1.63. The summed E-state index contributed by atoms with van der Waals surface area (Å²) in [5.41, 5.74) is -4.24. The third kappa shape index (κ3) is 4.06. The van der Waals surface area contributed by atoms with Crippen LogP contribution in [0.25, 0.3) is 11.3 Å². The number of carboxylic acid groups (broad SMARTS) is 1. The van der Waals surface area contributed by atoms with Crippen LogP contribution in [0.5, 0.6) is 0 Å². The van der Waals surface area contributed by atoms with Crippen LogP contribution in [0.1, 0.15) is 10.5 Å².